The van der Waals surface area contributed by atoms with E-state index in [9.17, 15) is 14.7 Å². The highest BCUT2D eigenvalue weighted by molar-refractivity contribution is 6.51. The topological polar surface area (TPSA) is 92.2 Å². The van der Waals surface area contributed by atoms with E-state index in [-0.39, 0.29) is 11.3 Å². The summed E-state index contributed by atoms with van der Waals surface area (Å²) < 4.78 is 10.7. The van der Waals surface area contributed by atoms with Crippen molar-refractivity contribution in [3.8, 4) is 11.5 Å². The molecule has 1 amide bonds. The summed E-state index contributed by atoms with van der Waals surface area (Å²) in [6.07, 6.45) is 3.03. The van der Waals surface area contributed by atoms with E-state index in [1.807, 2.05) is 43.3 Å². The minimum absolute atomic E-state index is 0.00332. The monoisotopic (exact) mass is 459 g/mol. The predicted octanol–water partition coefficient (Wildman–Crippen LogP) is 3.79. The van der Waals surface area contributed by atoms with Crippen molar-refractivity contribution in [1.29, 1.82) is 0 Å². The number of aliphatic hydroxyl groups is 1. The fourth-order valence-electron chi connectivity index (χ4n) is 4.01. The molecule has 8 nitrogen and oxygen atoms in total. The Balaban J connectivity index is 1.93. The van der Waals surface area contributed by atoms with Crippen molar-refractivity contribution in [2.75, 3.05) is 38.1 Å². The number of Topliss-reactive ketones (excluding diaryl/α,β-unsaturated/α-hetero) is 1. The number of amides is 1. The number of aliphatic hydroxyl groups excluding tert-OH is 1. The number of hydrogen-bond donors (Lipinski definition) is 1. The maximum Gasteiger partial charge on any atom is 0.300 e. The molecule has 2 heterocycles. The van der Waals surface area contributed by atoms with Crippen LogP contribution in [0.4, 0.5) is 11.4 Å². The van der Waals surface area contributed by atoms with Crippen LogP contribution < -0.4 is 19.3 Å². The molecule has 4 rings (SSSR count). The van der Waals surface area contributed by atoms with Gasteiger partial charge in [-0.2, -0.15) is 0 Å². The molecule has 0 saturated carbocycles. The third kappa shape index (κ3) is 3.94. The largest absolute Gasteiger partial charge is 0.507 e. The first-order chi connectivity index (χ1) is 16.4. The molecule has 1 aromatic heterocycles. The Morgan fingerprint density at radius 2 is 1.59 bits per heavy atom. The predicted molar refractivity (Wildman–Crippen MR) is 129 cm³/mol. The molecule has 174 valence electrons. The van der Waals surface area contributed by atoms with Crippen LogP contribution in [0.2, 0.25) is 0 Å². The lowest BCUT2D eigenvalue weighted by molar-refractivity contribution is -0.132. The lowest BCUT2D eigenvalue weighted by Crippen LogP contribution is -2.29. The Labute approximate surface area is 197 Å². The quantitative estimate of drug-likeness (QED) is 0.341. The Bertz CT molecular complexity index is 1250. The Hall–Kier alpha value is -4.33. The first-order valence-electron chi connectivity index (χ1n) is 10.6. The highest BCUT2D eigenvalue weighted by Crippen LogP contribution is 2.44. The average molecular weight is 460 g/mol. The number of carbonyl (C=O) groups is 2. The second kappa shape index (κ2) is 9.27. The molecule has 1 aliphatic heterocycles. The summed E-state index contributed by atoms with van der Waals surface area (Å²) in [5, 5.41) is 11.1. The summed E-state index contributed by atoms with van der Waals surface area (Å²) >= 11 is 0. The molecule has 2 aromatic carbocycles. The number of carbonyl (C=O) groups excluding carboxylic acids is 2. The molecule has 0 bridgehead atoms. The highest BCUT2D eigenvalue weighted by Gasteiger charge is 2.47. The van der Waals surface area contributed by atoms with E-state index in [1.165, 1.54) is 31.5 Å². The van der Waals surface area contributed by atoms with Crippen LogP contribution in [-0.2, 0) is 9.59 Å². The van der Waals surface area contributed by atoms with Gasteiger partial charge in [0.15, 0.2) is 11.5 Å². The van der Waals surface area contributed by atoms with Crippen LogP contribution in [0.3, 0.4) is 0 Å². The fraction of sp³-hybridized carbons (Fsp3) is 0.192. The van der Waals surface area contributed by atoms with Gasteiger partial charge in [0.25, 0.3) is 11.7 Å². The zero-order valence-corrected chi connectivity index (χ0v) is 19.4. The van der Waals surface area contributed by atoms with Gasteiger partial charge in [-0.05, 0) is 42.0 Å². The van der Waals surface area contributed by atoms with Gasteiger partial charge in [-0.15, -0.1) is 0 Å². The number of anilines is 2. The maximum absolute atomic E-state index is 13.3. The van der Waals surface area contributed by atoms with Gasteiger partial charge in [-0.1, -0.05) is 12.1 Å². The van der Waals surface area contributed by atoms with E-state index in [0.717, 1.165) is 5.69 Å². The SMILES string of the molecule is COc1ccc(N2C(=O)C(=O)/C(=C(/O)c3ccncc3)C2c2ccc(N(C)C)cc2)cc1OC. The summed E-state index contributed by atoms with van der Waals surface area (Å²) in [5.74, 6) is -0.870. The van der Waals surface area contributed by atoms with Crippen molar-refractivity contribution in [3.05, 3.63) is 83.7 Å². The zero-order chi connectivity index (χ0) is 24.4. The number of nitrogens with zero attached hydrogens (tertiary/aromatic N) is 3. The van der Waals surface area contributed by atoms with Gasteiger partial charge in [0.2, 0.25) is 0 Å². The van der Waals surface area contributed by atoms with Crippen molar-refractivity contribution >= 4 is 28.8 Å². The van der Waals surface area contributed by atoms with E-state index >= 15 is 0 Å². The summed E-state index contributed by atoms with van der Waals surface area (Å²) in [7, 11) is 6.86. The highest BCUT2D eigenvalue weighted by atomic mass is 16.5. The number of ether oxygens (including phenoxy) is 2. The molecule has 8 heteroatoms. The molecule has 1 fully saturated rings. The fourth-order valence-corrected chi connectivity index (χ4v) is 4.01. The third-order valence-electron chi connectivity index (χ3n) is 5.77. The normalized spacial score (nSPS) is 17.1. The standard InChI is InChI=1S/C26H25N3O5/c1-28(2)18-7-5-16(6-8-18)23-22(24(30)17-11-13-27-14-12-17)25(31)26(32)29(23)19-9-10-20(33-3)21(15-19)34-4/h5-15,23,30H,1-4H3/b24-22+. The number of aromatic nitrogens is 1. The molecule has 0 spiro atoms. The molecule has 1 atom stereocenters. The van der Waals surface area contributed by atoms with Gasteiger partial charge in [-0.3, -0.25) is 19.5 Å². The average Bonchev–Trinajstić information content (AvgIpc) is 3.13. The van der Waals surface area contributed by atoms with Crippen LogP contribution in [0, 0.1) is 0 Å². The molecule has 1 unspecified atom stereocenters. The summed E-state index contributed by atoms with van der Waals surface area (Å²) in [4.78, 5) is 33.8. The Morgan fingerprint density at radius 3 is 2.18 bits per heavy atom. The van der Waals surface area contributed by atoms with E-state index in [1.54, 1.807) is 30.3 Å². The van der Waals surface area contributed by atoms with Gasteiger partial charge in [-0.25, -0.2) is 0 Å². The molecular weight excluding hydrogens is 434 g/mol. The van der Waals surface area contributed by atoms with Gasteiger partial charge in [0.1, 0.15) is 5.76 Å². The number of pyridine rings is 1. The number of rotatable bonds is 6. The zero-order valence-electron chi connectivity index (χ0n) is 19.4. The van der Waals surface area contributed by atoms with Crippen LogP contribution in [0.5, 0.6) is 11.5 Å². The van der Waals surface area contributed by atoms with E-state index in [0.29, 0.717) is 28.3 Å². The molecular formula is C26H25N3O5. The van der Waals surface area contributed by atoms with Crippen molar-refractivity contribution in [1.82, 2.24) is 4.98 Å². The van der Waals surface area contributed by atoms with Crippen LogP contribution in [0.1, 0.15) is 17.2 Å². The number of ketones is 1. The van der Waals surface area contributed by atoms with Gasteiger partial charge < -0.3 is 19.5 Å². The summed E-state index contributed by atoms with van der Waals surface area (Å²) in [6.45, 7) is 0. The van der Waals surface area contributed by atoms with Gasteiger partial charge in [0, 0.05) is 49.5 Å². The first kappa shape index (κ1) is 22.8. The molecule has 0 radical (unpaired) electrons. The minimum atomic E-state index is -0.845. The minimum Gasteiger partial charge on any atom is -0.507 e. The first-order valence-corrected chi connectivity index (χ1v) is 10.6. The van der Waals surface area contributed by atoms with Crippen molar-refractivity contribution in [2.45, 2.75) is 6.04 Å². The summed E-state index contributed by atoms with van der Waals surface area (Å²) in [5.41, 5.74) is 2.48. The number of benzene rings is 2. The van der Waals surface area contributed by atoms with Crippen LogP contribution >= 0.6 is 0 Å². The number of hydrogen-bond acceptors (Lipinski definition) is 7. The Kier molecular flexibility index (Phi) is 6.23. The Morgan fingerprint density at radius 1 is 0.941 bits per heavy atom. The molecule has 1 aliphatic rings. The smallest absolute Gasteiger partial charge is 0.300 e. The van der Waals surface area contributed by atoms with Gasteiger partial charge >= 0.3 is 0 Å². The molecule has 34 heavy (non-hydrogen) atoms. The second-order valence-corrected chi connectivity index (χ2v) is 7.93. The van der Waals surface area contributed by atoms with Crippen molar-refractivity contribution in [3.63, 3.8) is 0 Å². The van der Waals surface area contributed by atoms with E-state index in [4.69, 9.17) is 9.47 Å². The molecule has 3 aromatic rings. The third-order valence-corrected chi connectivity index (χ3v) is 5.77. The van der Waals surface area contributed by atoms with Crippen LogP contribution in [0.25, 0.3) is 5.76 Å². The maximum atomic E-state index is 13.3. The van der Waals surface area contributed by atoms with E-state index < -0.39 is 17.7 Å². The van der Waals surface area contributed by atoms with Gasteiger partial charge in [0.05, 0.1) is 25.8 Å². The van der Waals surface area contributed by atoms with E-state index in [2.05, 4.69) is 4.98 Å². The summed E-state index contributed by atoms with van der Waals surface area (Å²) in [6, 6.07) is 14.8. The lowest BCUT2D eigenvalue weighted by Gasteiger charge is -2.26. The molecule has 1 saturated heterocycles. The number of methoxy groups -OCH3 is 2. The lowest BCUT2D eigenvalue weighted by atomic mass is 9.95. The van der Waals surface area contributed by atoms with Crippen molar-refractivity contribution < 1.29 is 24.2 Å². The van der Waals surface area contributed by atoms with Crippen LogP contribution in [-0.4, -0.2) is 50.1 Å². The second-order valence-electron chi connectivity index (χ2n) is 7.93. The molecule has 0 aliphatic carbocycles. The van der Waals surface area contributed by atoms with Crippen LogP contribution in [0.15, 0.2) is 72.6 Å². The van der Waals surface area contributed by atoms with Crippen molar-refractivity contribution in [2.24, 2.45) is 0 Å². The molecule has 1 N–H and O–H groups in total.